The maximum Gasteiger partial charge on any atom is 0.186 e. The van der Waals surface area contributed by atoms with Crippen molar-refractivity contribution in [3.8, 4) is 0 Å². The van der Waals surface area contributed by atoms with Gasteiger partial charge in [0.05, 0.1) is 19.3 Å². The van der Waals surface area contributed by atoms with Gasteiger partial charge in [-0.3, -0.25) is 4.21 Å². The quantitative estimate of drug-likeness (QED) is 0.124. The minimum atomic E-state index is -2.50. The molecule has 0 saturated carbocycles. The second-order valence-electron chi connectivity index (χ2n) is 9.64. The summed E-state index contributed by atoms with van der Waals surface area (Å²) in [6, 6.07) is 0. The summed E-state index contributed by atoms with van der Waals surface area (Å²) in [5.41, 5.74) is 0. The van der Waals surface area contributed by atoms with Crippen LogP contribution in [0.5, 0.6) is 0 Å². The Balaban J connectivity index is 1.97. The SMILES string of the molecule is CCCCCCCCCCCCCCCCOC[C@H](O)CO[C@@H]1O[C@H](CS(=O)[O-])[C@@H](O)[C@H](O)[C@H]1O. The van der Waals surface area contributed by atoms with E-state index >= 15 is 0 Å². The van der Waals surface area contributed by atoms with Crippen molar-refractivity contribution in [3.05, 3.63) is 0 Å². The molecule has 9 nitrogen and oxygen atoms in total. The van der Waals surface area contributed by atoms with Crippen molar-refractivity contribution in [1.29, 1.82) is 0 Å². The molecule has 1 aliphatic heterocycles. The topological polar surface area (TPSA) is 149 Å². The smallest absolute Gasteiger partial charge is 0.186 e. The first-order valence-corrected chi connectivity index (χ1v) is 14.7. The Labute approximate surface area is 213 Å². The standard InChI is InChI=1S/C25H50O9S/c1-2-3-4-5-6-7-8-9-10-11-12-13-14-15-16-32-17-20(26)18-33-25-24(29)23(28)22(27)21(34-25)19-35(30)31/h20-29H,2-19H2,1H3,(H,30,31)/p-1/t20-,21+,22+,23-,24+,25+/m0/s1. The predicted molar refractivity (Wildman–Crippen MR) is 134 cm³/mol. The summed E-state index contributed by atoms with van der Waals surface area (Å²) in [5, 5.41) is 39.7. The number of hydrogen-bond donors (Lipinski definition) is 4. The van der Waals surface area contributed by atoms with Crippen molar-refractivity contribution in [3.63, 3.8) is 0 Å². The van der Waals surface area contributed by atoms with Crippen LogP contribution < -0.4 is 0 Å². The summed E-state index contributed by atoms with van der Waals surface area (Å²) in [7, 11) is 0. The summed E-state index contributed by atoms with van der Waals surface area (Å²) in [5.74, 6) is -0.546. The summed E-state index contributed by atoms with van der Waals surface area (Å²) >= 11 is -2.50. The molecule has 1 rings (SSSR count). The summed E-state index contributed by atoms with van der Waals surface area (Å²) in [6.45, 7) is 2.62. The van der Waals surface area contributed by atoms with E-state index in [1.807, 2.05) is 0 Å². The van der Waals surface area contributed by atoms with E-state index in [1.165, 1.54) is 77.0 Å². The zero-order chi connectivity index (χ0) is 25.9. The molecule has 1 aliphatic rings. The molecular formula is C25H49O9S-. The van der Waals surface area contributed by atoms with Crippen molar-refractivity contribution in [2.75, 3.05) is 25.6 Å². The van der Waals surface area contributed by atoms with E-state index in [1.54, 1.807) is 0 Å². The van der Waals surface area contributed by atoms with Crippen LogP contribution in [-0.4, -0.2) is 91.6 Å². The molecule has 10 heteroatoms. The molecule has 1 fully saturated rings. The lowest BCUT2D eigenvalue weighted by Gasteiger charge is -2.40. The molecule has 0 radical (unpaired) electrons. The van der Waals surface area contributed by atoms with Gasteiger partial charge in [-0.25, -0.2) is 0 Å². The third kappa shape index (κ3) is 15.6. The van der Waals surface area contributed by atoms with E-state index in [0.717, 1.165) is 12.8 Å². The Morgan fingerprint density at radius 3 is 1.83 bits per heavy atom. The molecule has 4 N–H and O–H groups in total. The Hall–Kier alpha value is -0.170. The van der Waals surface area contributed by atoms with Crippen LogP contribution in [0.1, 0.15) is 96.8 Å². The van der Waals surface area contributed by atoms with Gasteiger partial charge in [-0.1, -0.05) is 101 Å². The van der Waals surface area contributed by atoms with Crippen LogP contribution in [0.25, 0.3) is 0 Å². The van der Waals surface area contributed by atoms with Gasteiger partial charge >= 0.3 is 0 Å². The molecule has 1 saturated heterocycles. The van der Waals surface area contributed by atoms with E-state index in [-0.39, 0.29) is 13.2 Å². The number of ether oxygens (including phenoxy) is 3. The van der Waals surface area contributed by atoms with Crippen LogP contribution in [0, 0.1) is 0 Å². The number of rotatable bonds is 22. The monoisotopic (exact) mass is 525 g/mol. The van der Waals surface area contributed by atoms with Crippen molar-refractivity contribution in [2.45, 2.75) is 134 Å². The van der Waals surface area contributed by atoms with Gasteiger partial charge in [0.25, 0.3) is 0 Å². The Morgan fingerprint density at radius 2 is 1.31 bits per heavy atom. The molecule has 1 heterocycles. The minimum Gasteiger partial charge on any atom is -0.772 e. The fraction of sp³-hybridized carbons (Fsp3) is 1.00. The molecule has 0 spiro atoms. The van der Waals surface area contributed by atoms with E-state index in [9.17, 15) is 29.2 Å². The maximum atomic E-state index is 10.9. The molecule has 0 aliphatic carbocycles. The molecule has 0 aromatic rings. The normalized spacial score (nSPS) is 26.6. The van der Waals surface area contributed by atoms with Crippen LogP contribution in [-0.2, 0) is 25.3 Å². The average molecular weight is 526 g/mol. The lowest BCUT2D eigenvalue weighted by atomic mass is 10.00. The molecule has 1 unspecified atom stereocenters. The van der Waals surface area contributed by atoms with Crippen molar-refractivity contribution in [2.24, 2.45) is 0 Å². The highest BCUT2D eigenvalue weighted by Crippen LogP contribution is 2.23. The first-order chi connectivity index (χ1) is 16.9. The van der Waals surface area contributed by atoms with Gasteiger partial charge in [-0.15, -0.1) is 0 Å². The first kappa shape index (κ1) is 32.9. The fourth-order valence-corrected chi connectivity index (χ4v) is 4.74. The Morgan fingerprint density at radius 1 is 0.800 bits per heavy atom. The number of aliphatic hydroxyl groups is 4. The van der Waals surface area contributed by atoms with Crippen LogP contribution in [0.4, 0.5) is 0 Å². The molecule has 0 amide bonds. The zero-order valence-electron chi connectivity index (χ0n) is 21.4. The lowest BCUT2D eigenvalue weighted by Crippen LogP contribution is -2.59. The van der Waals surface area contributed by atoms with Crippen LogP contribution in [0.3, 0.4) is 0 Å². The van der Waals surface area contributed by atoms with Gasteiger partial charge in [0, 0.05) is 12.4 Å². The summed E-state index contributed by atoms with van der Waals surface area (Å²) in [6.07, 6.45) is 9.70. The van der Waals surface area contributed by atoms with E-state index in [2.05, 4.69) is 6.92 Å². The fourth-order valence-electron chi connectivity index (χ4n) is 4.20. The molecule has 0 aromatic carbocycles. The third-order valence-electron chi connectivity index (χ3n) is 6.37. The third-order valence-corrected chi connectivity index (χ3v) is 6.97. The number of hydrogen-bond acceptors (Lipinski definition) is 9. The van der Waals surface area contributed by atoms with Gasteiger partial charge in [0.15, 0.2) is 6.29 Å². The van der Waals surface area contributed by atoms with E-state index in [4.69, 9.17) is 14.2 Å². The summed E-state index contributed by atoms with van der Waals surface area (Å²) in [4.78, 5) is 0. The Bertz CT molecular complexity index is 525. The van der Waals surface area contributed by atoms with Crippen LogP contribution >= 0.6 is 0 Å². The molecule has 210 valence electrons. The highest BCUT2D eigenvalue weighted by Gasteiger charge is 2.44. The van der Waals surface area contributed by atoms with Gasteiger partial charge in [0.1, 0.15) is 24.4 Å². The average Bonchev–Trinajstić information content (AvgIpc) is 2.83. The van der Waals surface area contributed by atoms with Crippen molar-refractivity contribution >= 4 is 11.1 Å². The molecule has 0 bridgehead atoms. The molecule has 7 atom stereocenters. The summed E-state index contributed by atoms with van der Waals surface area (Å²) < 4.78 is 37.8. The lowest BCUT2D eigenvalue weighted by molar-refractivity contribution is -0.296. The number of unbranched alkanes of at least 4 members (excludes halogenated alkanes) is 13. The highest BCUT2D eigenvalue weighted by molar-refractivity contribution is 7.79. The van der Waals surface area contributed by atoms with Crippen LogP contribution in [0.15, 0.2) is 0 Å². The zero-order valence-corrected chi connectivity index (χ0v) is 22.2. The first-order valence-electron chi connectivity index (χ1n) is 13.5. The van der Waals surface area contributed by atoms with Crippen molar-refractivity contribution < 1.29 is 43.4 Å². The Kier molecular flexibility index (Phi) is 19.6. The number of aliphatic hydroxyl groups excluding tert-OH is 4. The van der Waals surface area contributed by atoms with Crippen molar-refractivity contribution in [1.82, 2.24) is 0 Å². The van der Waals surface area contributed by atoms with Gasteiger partial charge < -0.3 is 39.2 Å². The largest absolute Gasteiger partial charge is 0.772 e. The maximum absolute atomic E-state index is 10.9. The van der Waals surface area contributed by atoms with Gasteiger partial charge in [0.2, 0.25) is 0 Å². The predicted octanol–water partition coefficient (Wildman–Crippen LogP) is 2.55. The van der Waals surface area contributed by atoms with Gasteiger partial charge in [-0.05, 0) is 6.42 Å². The minimum absolute atomic E-state index is 0.0560. The second-order valence-corrected chi connectivity index (χ2v) is 10.6. The molecule has 35 heavy (non-hydrogen) atoms. The highest BCUT2D eigenvalue weighted by atomic mass is 32.2. The van der Waals surface area contributed by atoms with Crippen LogP contribution in [0.2, 0.25) is 0 Å². The second kappa shape index (κ2) is 20.8. The van der Waals surface area contributed by atoms with E-state index in [0.29, 0.717) is 6.61 Å². The molecular weight excluding hydrogens is 476 g/mol. The van der Waals surface area contributed by atoms with Gasteiger partial charge in [-0.2, -0.15) is 0 Å². The molecule has 0 aromatic heterocycles. The van der Waals surface area contributed by atoms with E-state index < -0.39 is 53.6 Å².